The highest BCUT2D eigenvalue weighted by Gasteiger charge is 2.25. The van der Waals surface area contributed by atoms with E-state index in [1.54, 1.807) is 4.90 Å². The zero-order chi connectivity index (χ0) is 10.1. The van der Waals surface area contributed by atoms with Gasteiger partial charge in [0.1, 0.15) is 0 Å². The number of nitrogens with two attached hydrogens (primary N) is 1. The van der Waals surface area contributed by atoms with E-state index in [4.69, 9.17) is 5.73 Å². The van der Waals surface area contributed by atoms with Crippen LogP contribution in [0.1, 0.15) is 27.2 Å². The van der Waals surface area contributed by atoms with Crippen molar-refractivity contribution >= 4 is 6.03 Å². The van der Waals surface area contributed by atoms with E-state index in [0.29, 0.717) is 6.54 Å². The van der Waals surface area contributed by atoms with Gasteiger partial charge in [0.25, 0.3) is 0 Å². The summed E-state index contributed by atoms with van der Waals surface area (Å²) in [5, 5.41) is 2.91. The number of amides is 2. The normalized spacial score (nSPS) is 23.4. The summed E-state index contributed by atoms with van der Waals surface area (Å²) in [6.45, 7) is 7.38. The van der Waals surface area contributed by atoms with Gasteiger partial charge in [0.2, 0.25) is 0 Å². The van der Waals surface area contributed by atoms with Crippen LogP contribution in [0.2, 0.25) is 0 Å². The molecule has 76 valence electrons. The van der Waals surface area contributed by atoms with Crippen LogP contribution >= 0.6 is 0 Å². The van der Waals surface area contributed by atoms with Gasteiger partial charge in [-0.15, -0.1) is 0 Å². The molecule has 1 atom stereocenters. The first-order valence-electron chi connectivity index (χ1n) is 4.71. The topological polar surface area (TPSA) is 58.4 Å². The zero-order valence-electron chi connectivity index (χ0n) is 8.63. The highest BCUT2D eigenvalue weighted by atomic mass is 16.2. The second-order valence-corrected chi connectivity index (χ2v) is 4.67. The lowest BCUT2D eigenvalue weighted by Crippen LogP contribution is -2.48. The minimum Gasteiger partial charge on any atom is -0.333 e. The van der Waals surface area contributed by atoms with Gasteiger partial charge in [0, 0.05) is 24.7 Å². The van der Waals surface area contributed by atoms with Crippen LogP contribution in [0.3, 0.4) is 0 Å². The van der Waals surface area contributed by atoms with E-state index in [2.05, 4.69) is 5.32 Å². The quantitative estimate of drug-likeness (QED) is 0.578. The minimum atomic E-state index is -0.163. The second kappa shape index (κ2) is 3.54. The van der Waals surface area contributed by atoms with Gasteiger partial charge >= 0.3 is 6.03 Å². The third-order valence-electron chi connectivity index (χ3n) is 1.99. The molecule has 1 unspecified atom stereocenters. The number of carbonyl (C=O) groups excluding carboxylic acids is 1. The summed E-state index contributed by atoms with van der Waals surface area (Å²) < 4.78 is 0. The molecule has 1 saturated heterocycles. The Morgan fingerprint density at radius 3 is 2.54 bits per heavy atom. The minimum absolute atomic E-state index is 0.000417. The molecule has 0 spiro atoms. The molecule has 0 bridgehead atoms. The summed E-state index contributed by atoms with van der Waals surface area (Å²) in [6, 6.07) is 0.158. The first kappa shape index (κ1) is 10.3. The van der Waals surface area contributed by atoms with Crippen LogP contribution in [0.4, 0.5) is 4.79 Å². The summed E-state index contributed by atoms with van der Waals surface area (Å²) in [5.41, 5.74) is 5.54. The van der Waals surface area contributed by atoms with Crippen molar-refractivity contribution in [1.29, 1.82) is 0 Å². The molecule has 1 aliphatic rings. The summed E-state index contributed by atoms with van der Waals surface area (Å²) in [6.07, 6.45) is 0.914. The maximum Gasteiger partial charge on any atom is 0.317 e. The molecule has 0 aliphatic carbocycles. The third kappa shape index (κ3) is 3.22. The molecule has 4 nitrogen and oxygen atoms in total. The molecule has 13 heavy (non-hydrogen) atoms. The van der Waals surface area contributed by atoms with Crippen LogP contribution in [0, 0.1) is 0 Å². The SMILES string of the molecule is CC(C)(C)NC(=O)N1CCC(N)C1. The van der Waals surface area contributed by atoms with Gasteiger partial charge in [0.05, 0.1) is 0 Å². The maximum absolute atomic E-state index is 11.6. The Morgan fingerprint density at radius 1 is 1.54 bits per heavy atom. The lowest BCUT2D eigenvalue weighted by Gasteiger charge is -2.25. The largest absolute Gasteiger partial charge is 0.333 e. The standard InChI is InChI=1S/C9H19N3O/c1-9(2,3)11-8(13)12-5-4-7(10)6-12/h7H,4-6,10H2,1-3H3,(H,11,13). The van der Waals surface area contributed by atoms with Gasteiger partial charge in [-0.25, -0.2) is 4.79 Å². The van der Waals surface area contributed by atoms with E-state index in [1.165, 1.54) is 0 Å². The van der Waals surface area contributed by atoms with E-state index in [1.807, 2.05) is 20.8 Å². The molecule has 4 heteroatoms. The number of nitrogens with zero attached hydrogens (tertiary/aromatic N) is 1. The first-order chi connectivity index (χ1) is 5.88. The van der Waals surface area contributed by atoms with Crippen LogP contribution in [0.25, 0.3) is 0 Å². The van der Waals surface area contributed by atoms with Crippen molar-refractivity contribution in [3.63, 3.8) is 0 Å². The van der Waals surface area contributed by atoms with Crippen LogP contribution in [0.5, 0.6) is 0 Å². The van der Waals surface area contributed by atoms with Gasteiger partial charge < -0.3 is 16.0 Å². The van der Waals surface area contributed by atoms with Crippen LogP contribution < -0.4 is 11.1 Å². The van der Waals surface area contributed by atoms with Gasteiger partial charge in [-0.2, -0.15) is 0 Å². The second-order valence-electron chi connectivity index (χ2n) is 4.67. The van der Waals surface area contributed by atoms with Crippen LogP contribution in [0.15, 0.2) is 0 Å². The van der Waals surface area contributed by atoms with E-state index >= 15 is 0 Å². The third-order valence-corrected chi connectivity index (χ3v) is 1.99. The first-order valence-corrected chi connectivity index (χ1v) is 4.71. The highest BCUT2D eigenvalue weighted by Crippen LogP contribution is 2.08. The average Bonchev–Trinajstić information content (AvgIpc) is 2.31. The monoisotopic (exact) mass is 185 g/mol. The fourth-order valence-electron chi connectivity index (χ4n) is 1.37. The van der Waals surface area contributed by atoms with Crippen molar-refractivity contribution in [2.24, 2.45) is 5.73 Å². The molecule has 0 radical (unpaired) electrons. The Hall–Kier alpha value is -0.770. The van der Waals surface area contributed by atoms with Crippen molar-refractivity contribution in [2.45, 2.75) is 38.8 Å². The average molecular weight is 185 g/mol. The Labute approximate surface area is 79.5 Å². The van der Waals surface area contributed by atoms with Crippen molar-refractivity contribution in [1.82, 2.24) is 10.2 Å². The van der Waals surface area contributed by atoms with Gasteiger partial charge in [-0.3, -0.25) is 0 Å². The van der Waals surface area contributed by atoms with Gasteiger partial charge in [-0.05, 0) is 27.2 Å². The van der Waals surface area contributed by atoms with Crippen molar-refractivity contribution in [2.75, 3.05) is 13.1 Å². The maximum atomic E-state index is 11.6. The molecule has 0 aromatic carbocycles. The molecule has 0 saturated carbocycles. The number of rotatable bonds is 0. The lowest BCUT2D eigenvalue weighted by molar-refractivity contribution is 0.199. The Balaban J connectivity index is 2.41. The van der Waals surface area contributed by atoms with Crippen molar-refractivity contribution in [3.05, 3.63) is 0 Å². The van der Waals surface area contributed by atoms with Gasteiger partial charge in [-0.1, -0.05) is 0 Å². The highest BCUT2D eigenvalue weighted by molar-refractivity contribution is 5.75. The number of carbonyl (C=O) groups is 1. The Morgan fingerprint density at radius 2 is 2.15 bits per heavy atom. The predicted molar refractivity (Wildman–Crippen MR) is 52.5 cm³/mol. The smallest absolute Gasteiger partial charge is 0.317 e. The molecule has 1 heterocycles. The van der Waals surface area contributed by atoms with Crippen molar-refractivity contribution in [3.8, 4) is 0 Å². The van der Waals surface area contributed by atoms with E-state index in [-0.39, 0.29) is 17.6 Å². The van der Waals surface area contributed by atoms with E-state index in [0.717, 1.165) is 13.0 Å². The molecule has 1 aliphatic heterocycles. The fourth-order valence-corrected chi connectivity index (χ4v) is 1.37. The molecular formula is C9H19N3O. The number of likely N-dealkylation sites (tertiary alicyclic amines) is 1. The molecule has 0 aromatic rings. The number of urea groups is 1. The van der Waals surface area contributed by atoms with Crippen molar-refractivity contribution < 1.29 is 4.79 Å². The van der Waals surface area contributed by atoms with E-state index in [9.17, 15) is 4.79 Å². The molecule has 2 amide bonds. The summed E-state index contributed by atoms with van der Waals surface area (Å²) in [5.74, 6) is 0. The summed E-state index contributed by atoms with van der Waals surface area (Å²) >= 11 is 0. The Kier molecular flexibility index (Phi) is 2.81. The molecule has 0 aromatic heterocycles. The molecule has 1 fully saturated rings. The molecule has 1 rings (SSSR count). The summed E-state index contributed by atoms with van der Waals surface area (Å²) in [7, 11) is 0. The number of nitrogens with one attached hydrogen (secondary N) is 1. The summed E-state index contributed by atoms with van der Waals surface area (Å²) in [4.78, 5) is 13.3. The number of hydrogen-bond donors (Lipinski definition) is 2. The number of hydrogen-bond acceptors (Lipinski definition) is 2. The Bertz CT molecular complexity index is 198. The van der Waals surface area contributed by atoms with Crippen LogP contribution in [-0.2, 0) is 0 Å². The molecule has 3 N–H and O–H groups in total. The fraction of sp³-hybridized carbons (Fsp3) is 0.889. The van der Waals surface area contributed by atoms with Gasteiger partial charge in [0.15, 0.2) is 0 Å². The predicted octanol–water partition coefficient (Wildman–Crippen LogP) is 0.528. The van der Waals surface area contributed by atoms with Crippen LogP contribution in [-0.4, -0.2) is 35.6 Å². The van der Waals surface area contributed by atoms with E-state index < -0.39 is 0 Å². The molecular weight excluding hydrogens is 166 g/mol. The zero-order valence-corrected chi connectivity index (χ0v) is 8.63. The lowest BCUT2D eigenvalue weighted by atomic mass is 10.1.